The SMILES string of the molecule is COc1ccc2cc1OCCCC(=O)N(C(C)C)CCCNc1ncnc3c1/C(=C/N2)C(=O)N3. The number of ether oxygens (including phenoxy) is 2. The van der Waals surface area contributed by atoms with Gasteiger partial charge in [-0.15, -0.1) is 0 Å². The van der Waals surface area contributed by atoms with E-state index in [-0.39, 0.29) is 17.9 Å². The molecule has 2 bridgehead atoms. The molecule has 34 heavy (non-hydrogen) atoms. The third-order valence-corrected chi connectivity index (χ3v) is 5.74. The van der Waals surface area contributed by atoms with E-state index in [9.17, 15) is 9.59 Å². The lowest BCUT2D eigenvalue weighted by Gasteiger charge is -2.27. The van der Waals surface area contributed by atoms with Gasteiger partial charge in [0.05, 0.1) is 24.9 Å². The van der Waals surface area contributed by atoms with Crippen LogP contribution in [0.15, 0.2) is 30.7 Å². The molecule has 10 heteroatoms. The third-order valence-electron chi connectivity index (χ3n) is 5.74. The Labute approximate surface area is 198 Å². The summed E-state index contributed by atoms with van der Waals surface area (Å²) in [5.41, 5.74) is 1.76. The summed E-state index contributed by atoms with van der Waals surface area (Å²) < 4.78 is 11.3. The van der Waals surface area contributed by atoms with Gasteiger partial charge in [-0.2, -0.15) is 0 Å². The van der Waals surface area contributed by atoms with Gasteiger partial charge in [0.25, 0.3) is 5.91 Å². The Morgan fingerprint density at radius 1 is 1.15 bits per heavy atom. The van der Waals surface area contributed by atoms with Crippen LogP contribution in [-0.2, 0) is 9.59 Å². The lowest BCUT2D eigenvalue weighted by Crippen LogP contribution is -2.38. The summed E-state index contributed by atoms with van der Waals surface area (Å²) in [6, 6.07) is 5.52. The number of hydrogen-bond donors (Lipinski definition) is 3. The quantitative estimate of drug-likeness (QED) is 0.618. The fourth-order valence-corrected chi connectivity index (χ4v) is 4.01. The summed E-state index contributed by atoms with van der Waals surface area (Å²) in [7, 11) is 1.58. The van der Waals surface area contributed by atoms with Crippen LogP contribution in [0.1, 0.15) is 38.7 Å². The molecule has 2 amide bonds. The summed E-state index contributed by atoms with van der Waals surface area (Å²) >= 11 is 0. The Kier molecular flexibility index (Phi) is 7.15. The molecule has 3 N–H and O–H groups in total. The van der Waals surface area contributed by atoms with Crippen LogP contribution >= 0.6 is 0 Å². The van der Waals surface area contributed by atoms with Gasteiger partial charge in [-0.1, -0.05) is 0 Å². The van der Waals surface area contributed by atoms with Crippen molar-refractivity contribution < 1.29 is 19.1 Å². The molecule has 0 radical (unpaired) electrons. The Morgan fingerprint density at radius 2 is 1.97 bits per heavy atom. The Bertz CT molecular complexity index is 1100. The van der Waals surface area contributed by atoms with Crippen molar-refractivity contribution in [1.82, 2.24) is 14.9 Å². The first-order valence-electron chi connectivity index (χ1n) is 11.5. The second-order valence-corrected chi connectivity index (χ2v) is 8.38. The summed E-state index contributed by atoms with van der Waals surface area (Å²) in [6.07, 6.45) is 4.80. The highest BCUT2D eigenvalue weighted by molar-refractivity contribution is 6.32. The minimum Gasteiger partial charge on any atom is -0.493 e. The van der Waals surface area contributed by atoms with E-state index in [1.165, 1.54) is 6.33 Å². The molecule has 10 nitrogen and oxygen atoms in total. The van der Waals surface area contributed by atoms with Crippen molar-refractivity contribution in [3.63, 3.8) is 0 Å². The van der Waals surface area contributed by atoms with Gasteiger partial charge in [-0.25, -0.2) is 9.97 Å². The molecule has 0 saturated heterocycles. The van der Waals surface area contributed by atoms with Crippen molar-refractivity contribution in [2.45, 2.75) is 39.2 Å². The molecule has 0 aliphatic carbocycles. The molecule has 0 atom stereocenters. The monoisotopic (exact) mass is 466 g/mol. The lowest BCUT2D eigenvalue weighted by molar-refractivity contribution is -0.133. The molecular weight excluding hydrogens is 436 g/mol. The maximum atomic E-state index is 12.8. The zero-order valence-corrected chi connectivity index (χ0v) is 19.7. The Morgan fingerprint density at radius 3 is 2.76 bits per heavy atom. The van der Waals surface area contributed by atoms with Crippen molar-refractivity contribution in [3.05, 3.63) is 36.3 Å². The smallest absolute Gasteiger partial charge is 0.259 e. The van der Waals surface area contributed by atoms with E-state index < -0.39 is 0 Å². The van der Waals surface area contributed by atoms with Crippen LogP contribution < -0.4 is 25.4 Å². The van der Waals surface area contributed by atoms with Crippen LogP contribution in [0.25, 0.3) is 5.57 Å². The standard InChI is InChI=1S/C24H30N6O4/c1-15(2)30-10-5-9-25-22-21-17(24(32)29-23(21)28-14-27-22)13-26-16-7-8-18(33-3)19(12-16)34-11-4-6-20(30)31/h7-8,12-15,26H,4-6,9-11H2,1-3H3,(H2,25,27,28,29,32)/b17-13-. The third kappa shape index (κ3) is 5.05. The number of hydrogen-bond acceptors (Lipinski definition) is 8. The topological polar surface area (TPSA) is 118 Å². The molecule has 0 unspecified atom stereocenters. The van der Waals surface area contributed by atoms with Gasteiger partial charge in [0.15, 0.2) is 11.5 Å². The van der Waals surface area contributed by atoms with E-state index in [2.05, 4.69) is 25.9 Å². The largest absolute Gasteiger partial charge is 0.493 e. The predicted octanol–water partition coefficient (Wildman–Crippen LogP) is 3.10. The van der Waals surface area contributed by atoms with E-state index >= 15 is 0 Å². The van der Waals surface area contributed by atoms with Crippen LogP contribution in [0.3, 0.4) is 0 Å². The number of amides is 2. The van der Waals surface area contributed by atoms with Crippen molar-refractivity contribution >= 4 is 34.7 Å². The van der Waals surface area contributed by atoms with Crippen LogP contribution in [0.4, 0.5) is 17.3 Å². The minimum atomic E-state index is -0.262. The predicted molar refractivity (Wildman–Crippen MR) is 130 cm³/mol. The number of methoxy groups -OCH3 is 1. The normalized spacial score (nSPS) is 18.4. The summed E-state index contributed by atoms with van der Waals surface area (Å²) in [5, 5.41) is 9.26. The molecule has 0 saturated carbocycles. The molecule has 0 fully saturated rings. The summed E-state index contributed by atoms with van der Waals surface area (Å²) in [6.45, 7) is 5.64. The fraction of sp³-hybridized carbons (Fsp3) is 0.417. The second-order valence-electron chi connectivity index (χ2n) is 8.38. The highest BCUT2D eigenvalue weighted by Gasteiger charge is 2.29. The number of carbonyl (C=O) groups excluding carboxylic acids is 2. The van der Waals surface area contributed by atoms with E-state index in [0.717, 1.165) is 12.1 Å². The molecule has 3 heterocycles. The number of rotatable bonds is 2. The van der Waals surface area contributed by atoms with Gasteiger partial charge in [-0.05, 0) is 38.8 Å². The average Bonchev–Trinajstić information content (AvgIpc) is 3.15. The van der Waals surface area contributed by atoms with Gasteiger partial charge in [-0.3, -0.25) is 9.59 Å². The molecule has 2 aliphatic rings. The van der Waals surface area contributed by atoms with Crippen molar-refractivity contribution in [1.29, 1.82) is 0 Å². The highest BCUT2D eigenvalue weighted by Crippen LogP contribution is 2.35. The van der Waals surface area contributed by atoms with Gasteiger partial charge in [0.2, 0.25) is 5.91 Å². The first kappa shape index (κ1) is 23.3. The lowest BCUT2D eigenvalue weighted by atomic mass is 10.1. The minimum absolute atomic E-state index is 0.0986. The molecule has 2 aliphatic heterocycles. The van der Waals surface area contributed by atoms with Gasteiger partial charge in [0, 0.05) is 43.5 Å². The molecule has 4 rings (SSSR count). The number of nitrogens with zero attached hydrogens (tertiary/aromatic N) is 3. The highest BCUT2D eigenvalue weighted by atomic mass is 16.5. The zero-order valence-electron chi connectivity index (χ0n) is 19.7. The molecule has 0 spiro atoms. The summed E-state index contributed by atoms with van der Waals surface area (Å²) in [5.74, 6) is 2.02. The molecule has 1 aromatic carbocycles. The number of benzene rings is 1. The first-order chi connectivity index (χ1) is 16.5. The summed E-state index contributed by atoms with van der Waals surface area (Å²) in [4.78, 5) is 35.9. The molecule has 180 valence electrons. The van der Waals surface area contributed by atoms with E-state index in [1.807, 2.05) is 24.8 Å². The maximum absolute atomic E-state index is 12.8. The van der Waals surface area contributed by atoms with E-state index in [1.54, 1.807) is 25.4 Å². The Hall–Kier alpha value is -3.82. The Balaban J connectivity index is 1.66. The van der Waals surface area contributed by atoms with E-state index in [4.69, 9.17) is 9.47 Å². The van der Waals surface area contributed by atoms with E-state index in [0.29, 0.717) is 66.8 Å². The molecular formula is C24H30N6O4. The van der Waals surface area contributed by atoms with Crippen LogP contribution in [-0.4, -0.2) is 59.5 Å². The molecule has 1 aromatic heterocycles. The number of carbonyl (C=O) groups is 2. The second kappa shape index (κ2) is 10.4. The number of nitrogens with one attached hydrogen (secondary N) is 3. The van der Waals surface area contributed by atoms with Gasteiger partial charge < -0.3 is 30.3 Å². The fourth-order valence-electron chi connectivity index (χ4n) is 4.01. The maximum Gasteiger partial charge on any atom is 0.259 e. The van der Waals surface area contributed by atoms with Gasteiger partial charge >= 0.3 is 0 Å². The number of anilines is 3. The first-order valence-corrected chi connectivity index (χ1v) is 11.5. The van der Waals surface area contributed by atoms with Crippen LogP contribution in [0.5, 0.6) is 11.5 Å². The van der Waals surface area contributed by atoms with Crippen molar-refractivity contribution in [3.8, 4) is 11.5 Å². The molecule has 2 aromatic rings. The van der Waals surface area contributed by atoms with Crippen LogP contribution in [0, 0.1) is 0 Å². The van der Waals surface area contributed by atoms with Gasteiger partial charge in [0.1, 0.15) is 18.0 Å². The zero-order chi connectivity index (χ0) is 24.1. The number of aromatic nitrogens is 2. The van der Waals surface area contributed by atoms with Crippen molar-refractivity contribution in [2.24, 2.45) is 0 Å². The van der Waals surface area contributed by atoms with Crippen molar-refractivity contribution in [2.75, 3.05) is 42.8 Å². The average molecular weight is 467 g/mol. The number of fused-ring (bicyclic) bond motifs is 2. The van der Waals surface area contributed by atoms with Crippen LogP contribution in [0.2, 0.25) is 0 Å².